The number of halogens is 2. The lowest BCUT2D eigenvalue weighted by atomic mass is 9.73. The number of aromatic amines is 1. The topological polar surface area (TPSA) is 134 Å². The lowest BCUT2D eigenvalue weighted by molar-refractivity contribution is -0.132. The van der Waals surface area contributed by atoms with Crippen LogP contribution in [0.4, 0.5) is 14.7 Å². The number of likely N-dealkylation sites (tertiary alicyclic amines) is 2. The SMILES string of the molecule is CC1(C)Cc2cnc(N)nc2-c2n[nH]c(C(=O)Cc3nc(CC(=O)N4CCC(N5CCC(F)(F)CC5)CC4)cs3)c21. The Kier molecular flexibility index (Phi) is 7.13. The number of amides is 1. The van der Waals surface area contributed by atoms with Gasteiger partial charge in [-0.15, -0.1) is 11.3 Å². The highest BCUT2D eigenvalue weighted by atomic mass is 32.1. The molecule has 10 nitrogen and oxygen atoms in total. The number of anilines is 1. The molecular weight excluding hydrogens is 550 g/mol. The molecule has 41 heavy (non-hydrogen) atoms. The minimum absolute atomic E-state index is 0.00104. The third-order valence-corrected chi connectivity index (χ3v) is 9.47. The van der Waals surface area contributed by atoms with Gasteiger partial charge in [-0.25, -0.2) is 23.7 Å². The fourth-order valence-corrected chi connectivity index (χ4v) is 7.19. The van der Waals surface area contributed by atoms with Crippen LogP contribution in [0.25, 0.3) is 11.4 Å². The van der Waals surface area contributed by atoms with Crippen LogP contribution in [0.1, 0.15) is 71.8 Å². The number of piperidine rings is 2. The average molecular weight is 585 g/mol. The fraction of sp³-hybridized carbons (Fsp3) is 0.571. The van der Waals surface area contributed by atoms with E-state index in [1.807, 2.05) is 10.3 Å². The molecule has 3 aliphatic rings. The first kappa shape index (κ1) is 27.8. The minimum atomic E-state index is -2.55. The van der Waals surface area contributed by atoms with Gasteiger partial charge in [-0.05, 0) is 30.2 Å². The normalized spacial score (nSPS) is 20.4. The quantitative estimate of drug-likeness (QED) is 0.421. The molecule has 6 rings (SSSR count). The zero-order valence-corrected chi connectivity index (χ0v) is 24.1. The van der Waals surface area contributed by atoms with Gasteiger partial charge in [0.05, 0.1) is 24.2 Å². The summed E-state index contributed by atoms with van der Waals surface area (Å²) in [5.74, 6) is -2.51. The Balaban J connectivity index is 1.06. The molecule has 0 unspecified atom stereocenters. The second-order valence-electron chi connectivity index (χ2n) is 12.0. The monoisotopic (exact) mass is 584 g/mol. The molecule has 2 fully saturated rings. The molecule has 218 valence electrons. The van der Waals surface area contributed by atoms with Gasteiger partial charge in [-0.3, -0.25) is 19.6 Å². The van der Waals surface area contributed by atoms with E-state index < -0.39 is 5.92 Å². The third-order valence-electron chi connectivity index (χ3n) is 8.57. The van der Waals surface area contributed by atoms with E-state index in [9.17, 15) is 18.4 Å². The molecular formula is C28H34F2N8O2S. The molecule has 0 spiro atoms. The van der Waals surface area contributed by atoms with E-state index >= 15 is 0 Å². The maximum absolute atomic E-state index is 13.5. The Morgan fingerprint density at radius 3 is 2.56 bits per heavy atom. The summed E-state index contributed by atoms with van der Waals surface area (Å²) in [6.07, 6.45) is 4.07. The number of alkyl halides is 2. The van der Waals surface area contributed by atoms with Crippen LogP contribution in [0, 0.1) is 0 Å². The van der Waals surface area contributed by atoms with Crippen LogP contribution in [-0.2, 0) is 29.5 Å². The molecule has 3 N–H and O–H groups in total. The Morgan fingerprint density at radius 2 is 1.83 bits per heavy atom. The molecule has 1 amide bonds. The van der Waals surface area contributed by atoms with E-state index in [-0.39, 0.29) is 54.8 Å². The number of nitrogen functional groups attached to an aromatic ring is 1. The van der Waals surface area contributed by atoms with Crippen molar-refractivity contribution in [2.75, 3.05) is 31.9 Å². The molecule has 0 bridgehead atoms. The number of carbonyl (C=O) groups is 2. The highest BCUT2D eigenvalue weighted by Crippen LogP contribution is 2.43. The number of fused-ring (bicyclic) bond motifs is 3. The molecule has 2 aliphatic heterocycles. The molecule has 3 aromatic rings. The molecule has 5 heterocycles. The number of rotatable bonds is 6. The number of nitrogens with zero attached hydrogens (tertiary/aromatic N) is 6. The maximum atomic E-state index is 13.5. The number of thiazole rings is 1. The second-order valence-corrected chi connectivity index (χ2v) is 12.9. The molecule has 13 heteroatoms. The number of nitrogens with one attached hydrogen (secondary N) is 1. The zero-order chi connectivity index (χ0) is 28.9. The number of hydrogen-bond acceptors (Lipinski definition) is 9. The van der Waals surface area contributed by atoms with Crippen LogP contribution >= 0.6 is 11.3 Å². The summed E-state index contributed by atoms with van der Waals surface area (Å²) in [5, 5.41) is 9.86. The summed E-state index contributed by atoms with van der Waals surface area (Å²) in [5.41, 5.74) is 9.60. The van der Waals surface area contributed by atoms with Crippen molar-refractivity contribution < 1.29 is 18.4 Å². The smallest absolute Gasteiger partial charge is 0.250 e. The Hall–Kier alpha value is -3.32. The number of nitrogens with two attached hydrogens (primary N) is 1. The van der Waals surface area contributed by atoms with Gasteiger partial charge in [0.1, 0.15) is 16.4 Å². The third kappa shape index (κ3) is 5.61. The van der Waals surface area contributed by atoms with Gasteiger partial charge in [-0.2, -0.15) is 5.10 Å². The summed E-state index contributed by atoms with van der Waals surface area (Å²) in [7, 11) is 0. The van der Waals surface area contributed by atoms with Crippen LogP contribution in [0.2, 0.25) is 0 Å². The van der Waals surface area contributed by atoms with Gasteiger partial charge >= 0.3 is 0 Å². The Morgan fingerprint density at radius 1 is 1.10 bits per heavy atom. The van der Waals surface area contributed by atoms with Gasteiger partial charge in [0.2, 0.25) is 11.9 Å². The number of carbonyl (C=O) groups excluding carboxylic acids is 2. The predicted octanol–water partition coefficient (Wildman–Crippen LogP) is 3.43. The van der Waals surface area contributed by atoms with Gasteiger partial charge in [0.25, 0.3) is 5.92 Å². The fourth-order valence-electron chi connectivity index (χ4n) is 6.39. The number of hydrogen-bond donors (Lipinski definition) is 2. The van der Waals surface area contributed by atoms with Crippen molar-refractivity contribution in [3.63, 3.8) is 0 Å². The van der Waals surface area contributed by atoms with Crippen LogP contribution < -0.4 is 5.73 Å². The van der Waals surface area contributed by atoms with Crippen molar-refractivity contribution in [1.82, 2.24) is 34.9 Å². The average Bonchev–Trinajstić information content (AvgIpc) is 3.57. The number of Topliss-reactive ketones (excluding diaryl/α,β-unsaturated/α-hetero) is 1. The van der Waals surface area contributed by atoms with Crippen LogP contribution in [0.3, 0.4) is 0 Å². The van der Waals surface area contributed by atoms with Crippen LogP contribution in [0.5, 0.6) is 0 Å². The van der Waals surface area contributed by atoms with E-state index in [4.69, 9.17) is 5.73 Å². The first-order valence-electron chi connectivity index (χ1n) is 14.1. The van der Waals surface area contributed by atoms with E-state index in [0.717, 1.165) is 24.0 Å². The highest BCUT2D eigenvalue weighted by molar-refractivity contribution is 7.09. The summed E-state index contributed by atoms with van der Waals surface area (Å²) in [4.78, 5) is 43.5. The van der Waals surface area contributed by atoms with Crippen molar-refractivity contribution in [2.45, 2.75) is 76.2 Å². The lowest BCUT2D eigenvalue weighted by Crippen LogP contribution is -2.50. The molecule has 3 aromatic heterocycles. The van der Waals surface area contributed by atoms with Crippen molar-refractivity contribution in [3.05, 3.63) is 39.1 Å². The van der Waals surface area contributed by atoms with Gasteiger partial charge in [0.15, 0.2) is 5.78 Å². The maximum Gasteiger partial charge on any atom is 0.250 e. The van der Waals surface area contributed by atoms with Crippen molar-refractivity contribution in [1.29, 1.82) is 0 Å². The molecule has 0 atom stereocenters. The van der Waals surface area contributed by atoms with Gasteiger partial charge in [0, 0.05) is 62.2 Å². The lowest BCUT2D eigenvalue weighted by Gasteiger charge is -2.41. The van der Waals surface area contributed by atoms with Crippen LogP contribution in [0.15, 0.2) is 11.6 Å². The van der Waals surface area contributed by atoms with Crippen molar-refractivity contribution in [2.24, 2.45) is 0 Å². The Bertz CT molecular complexity index is 1470. The summed E-state index contributed by atoms with van der Waals surface area (Å²) in [6.45, 7) is 6.21. The molecule has 1 aliphatic carbocycles. The van der Waals surface area contributed by atoms with E-state index in [1.54, 1.807) is 6.20 Å². The first-order chi connectivity index (χ1) is 19.5. The van der Waals surface area contributed by atoms with Crippen LogP contribution in [-0.4, -0.2) is 84.8 Å². The largest absolute Gasteiger partial charge is 0.368 e. The summed E-state index contributed by atoms with van der Waals surface area (Å²) >= 11 is 1.37. The molecule has 2 saturated heterocycles. The molecule has 0 aromatic carbocycles. The number of H-pyrrole nitrogens is 1. The minimum Gasteiger partial charge on any atom is -0.368 e. The van der Waals surface area contributed by atoms with E-state index in [2.05, 4.69) is 43.9 Å². The summed E-state index contributed by atoms with van der Waals surface area (Å²) in [6, 6.07) is 0.253. The number of aromatic nitrogens is 5. The molecule has 0 saturated carbocycles. The Labute approximate surface area is 240 Å². The highest BCUT2D eigenvalue weighted by Gasteiger charge is 2.39. The van der Waals surface area contributed by atoms with E-state index in [1.165, 1.54) is 11.3 Å². The second kappa shape index (κ2) is 10.5. The van der Waals surface area contributed by atoms with E-state index in [0.29, 0.717) is 60.4 Å². The van der Waals surface area contributed by atoms with Crippen molar-refractivity contribution >= 4 is 29.0 Å². The van der Waals surface area contributed by atoms with Crippen molar-refractivity contribution in [3.8, 4) is 11.4 Å². The predicted molar refractivity (Wildman–Crippen MR) is 150 cm³/mol. The molecule has 0 radical (unpaired) electrons. The van der Waals surface area contributed by atoms with Gasteiger partial charge < -0.3 is 10.6 Å². The first-order valence-corrected chi connectivity index (χ1v) is 14.9. The zero-order valence-electron chi connectivity index (χ0n) is 23.3. The summed E-state index contributed by atoms with van der Waals surface area (Å²) < 4.78 is 27.0. The standard InChI is InChI=1S/C28H34F2N8O2S/c1-27(2)13-16-14-32-26(31)34-23(16)25-22(27)24(35-36-25)19(39)12-20-33-17(15-41-20)11-21(40)38-7-3-18(4-8-38)37-9-5-28(29,30)6-10-37/h14-15,18H,3-13H2,1-2H3,(H,35,36)(H2,31,32,34). The number of ketones is 1. The van der Waals surface area contributed by atoms with Gasteiger partial charge in [-0.1, -0.05) is 13.8 Å².